The van der Waals surface area contributed by atoms with E-state index in [1.807, 2.05) is 0 Å². The minimum absolute atomic E-state index is 0.176. The Bertz CT molecular complexity index is 398. The van der Waals surface area contributed by atoms with Gasteiger partial charge < -0.3 is 14.9 Å². The van der Waals surface area contributed by atoms with E-state index in [1.54, 1.807) is 7.05 Å². The lowest BCUT2D eigenvalue weighted by molar-refractivity contribution is 0.0807. The summed E-state index contributed by atoms with van der Waals surface area (Å²) in [5, 5.41) is 0. The normalized spacial score (nSPS) is 9.23. The molecule has 0 aromatic carbocycles. The summed E-state index contributed by atoms with van der Waals surface area (Å²) in [5.41, 5.74) is 0.419. The molecule has 68 valence electrons. The van der Waals surface area contributed by atoms with Crippen LogP contribution in [0.2, 0.25) is 0 Å². The minimum Gasteiger partial charge on any atom is -0.337 e. The molecule has 5 heteroatoms. The van der Waals surface area contributed by atoms with Crippen molar-refractivity contribution in [2.45, 2.75) is 0 Å². The predicted octanol–water partition coefficient (Wildman–Crippen LogP) is 0.777. The fraction of sp³-hybridized carbons (Fsp3) is 0.250. The summed E-state index contributed by atoms with van der Waals surface area (Å²) in [6, 6.07) is 0. The van der Waals surface area contributed by atoms with Crippen LogP contribution in [0.5, 0.6) is 0 Å². The molecule has 0 atom stereocenters. The maximum atomic E-state index is 11.5. The maximum absolute atomic E-state index is 11.5. The molecule has 13 heavy (non-hydrogen) atoms. The third kappa shape index (κ3) is 2.20. The lowest BCUT2D eigenvalue weighted by Crippen LogP contribution is -2.27. The second-order valence-electron chi connectivity index (χ2n) is 2.52. The maximum Gasteiger partial charge on any atom is 0.272 e. The van der Waals surface area contributed by atoms with Gasteiger partial charge in [0, 0.05) is 13.2 Å². The van der Waals surface area contributed by atoms with E-state index < -0.39 is 0 Å². The molecule has 0 radical (unpaired) electrons. The van der Waals surface area contributed by atoms with E-state index in [4.69, 9.17) is 18.6 Å². The third-order valence-electron chi connectivity index (χ3n) is 1.50. The van der Waals surface area contributed by atoms with Crippen LogP contribution in [-0.2, 0) is 0 Å². The minimum atomic E-state index is -0.176. The SMILES string of the molecule is C#CCN(C)C(=O)c1c[nH]c(=S)[nH]1. The van der Waals surface area contributed by atoms with Crippen LogP contribution in [0.4, 0.5) is 0 Å². The van der Waals surface area contributed by atoms with Gasteiger partial charge in [0.1, 0.15) is 5.69 Å². The van der Waals surface area contributed by atoms with Gasteiger partial charge in [-0.05, 0) is 12.2 Å². The molecule has 1 heterocycles. The third-order valence-corrected chi connectivity index (χ3v) is 1.72. The Labute approximate surface area is 81.0 Å². The number of amides is 1. The number of nitrogens with zero attached hydrogens (tertiary/aromatic N) is 1. The molecule has 0 saturated heterocycles. The Morgan fingerprint density at radius 2 is 2.54 bits per heavy atom. The Balaban J connectivity index is 2.80. The number of carbonyl (C=O) groups excluding carboxylic acids is 1. The first-order valence-corrected chi connectivity index (χ1v) is 4.02. The van der Waals surface area contributed by atoms with Gasteiger partial charge in [0.15, 0.2) is 4.77 Å². The molecule has 2 N–H and O–H groups in total. The van der Waals surface area contributed by atoms with Gasteiger partial charge in [0.05, 0.1) is 6.54 Å². The van der Waals surface area contributed by atoms with Crippen molar-refractivity contribution >= 4 is 18.1 Å². The highest BCUT2D eigenvalue weighted by atomic mass is 32.1. The standard InChI is InChI=1S/C8H9N3OS/c1-3-4-11(2)7(12)6-5-9-8(13)10-6/h1,5H,4H2,2H3,(H2,9,10,13). The van der Waals surface area contributed by atoms with Crippen molar-refractivity contribution < 1.29 is 4.79 Å². The lowest BCUT2D eigenvalue weighted by atomic mass is 10.4. The van der Waals surface area contributed by atoms with Crippen molar-refractivity contribution in [1.82, 2.24) is 14.9 Å². The van der Waals surface area contributed by atoms with E-state index in [0.717, 1.165) is 0 Å². The quantitative estimate of drug-likeness (QED) is 0.541. The average Bonchev–Trinajstić information content (AvgIpc) is 2.51. The lowest BCUT2D eigenvalue weighted by Gasteiger charge is -2.11. The van der Waals surface area contributed by atoms with Crippen LogP contribution in [-0.4, -0.2) is 34.4 Å². The van der Waals surface area contributed by atoms with Gasteiger partial charge in [0.2, 0.25) is 0 Å². The summed E-state index contributed by atoms with van der Waals surface area (Å²) in [4.78, 5) is 18.3. The highest BCUT2D eigenvalue weighted by molar-refractivity contribution is 7.71. The van der Waals surface area contributed by atoms with E-state index in [9.17, 15) is 4.79 Å². The molecule has 1 aromatic heterocycles. The number of hydrogen-bond donors (Lipinski definition) is 2. The molecule has 1 amide bonds. The first-order chi connectivity index (χ1) is 6.15. The second kappa shape index (κ2) is 3.92. The molecule has 0 unspecified atom stereocenters. The molecule has 0 aliphatic rings. The first-order valence-electron chi connectivity index (χ1n) is 3.61. The summed E-state index contributed by atoms with van der Waals surface area (Å²) in [6.07, 6.45) is 6.59. The van der Waals surface area contributed by atoms with Crippen LogP contribution in [0, 0.1) is 17.1 Å². The van der Waals surface area contributed by atoms with Crippen molar-refractivity contribution in [3.8, 4) is 12.3 Å². The fourth-order valence-electron chi connectivity index (χ4n) is 0.862. The van der Waals surface area contributed by atoms with Crippen LogP contribution in [0.25, 0.3) is 0 Å². The molecule has 1 aromatic rings. The smallest absolute Gasteiger partial charge is 0.272 e. The molecule has 0 aliphatic carbocycles. The number of H-pyrrole nitrogens is 2. The first kappa shape index (κ1) is 9.55. The largest absolute Gasteiger partial charge is 0.337 e. The average molecular weight is 195 g/mol. The molecular weight excluding hydrogens is 186 g/mol. The number of rotatable bonds is 2. The molecule has 0 spiro atoms. The zero-order chi connectivity index (χ0) is 9.84. The zero-order valence-electron chi connectivity index (χ0n) is 7.13. The number of nitrogens with one attached hydrogen (secondary N) is 2. The van der Waals surface area contributed by atoms with Crippen molar-refractivity contribution in [2.24, 2.45) is 0 Å². The zero-order valence-corrected chi connectivity index (χ0v) is 7.94. The van der Waals surface area contributed by atoms with Gasteiger partial charge in [-0.3, -0.25) is 4.79 Å². The highest BCUT2D eigenvalue weighted by Gasteiger charge is 2.11. The summed E-state index contributed by atoms with van der Waals surface area (Å²) >= 11 is 4.78. The molecule has 0 bridgehead atoms. The van der Waals surface area contributed by atoms with E-state index in [1.165, 1.54) is 11.1 Å². The van der Waals surface area contributed by atoms with Crippen LogP contribution in [0.3, 0.4) is 0 Å². The summed E-state index contributed by atoms with van der Waals surface area (Å²) in [5.74, 6) is 2.20. The molecule has 1 rings (SSSR count). The van der Waals surface area contributed by atoms with Crippen LogP contribution >= 0.6 is 12.2 Å². The molecule has 0 saturated carbocycles. The Morgan fingerprint density at radius 3 is 3.00 bits per heavy atom. The van der Waals surface area contributed by atoms with Gasteiger partial charge in [-0.25, -0.2) is 0 Å². The highest BCUT2D eigenvalue weighted by Crippen LogP contribution is 1.97. The van der Waals surface area contributed by atoms with Crippen LogP contribution < -0.4 is 0 Å². The summed E-state index contributed by atoms with van der Waals surface area (Å²) < 4.78 is 0.428. The Morgan fingerprint density at radius 1 is 1.85 bits per heavy atom. The van der Waals surface area contributed by atoms with Gasteiger partial charge in [-0.2, -0.15) is 0 Å². The number of aromatic amines is 2. The van der Waals surface area contributed by atoms with Crippen molar-refractivity contribution in [3.05, 3.63) is 16.7 Å². The van der Waals surface area contributed by atoms with E-state index in [2.05, 4.69) is 15.9 Å². The van der Waals surface area contributed by atoms with Crippen LogP contribution in [0.15, 0.2) is 6.20 Å². The molecular formula is C8H9N3OS. The van der Waals surface area contributed by atoms with Crippen molar-refractivity contribution in [1.29, 1.82) is 0 Å². The van der Waals surface area contributed by atoms with Crippen molar-refractivity contribution in [2.75, 3.05) is 13.6 Å². The van der Waals surface area contributed by atoms with Gasteiger partial charge in [-0.1, -0.05) is 5.92 Å². The number of hydrogen-bond acceptors (Lipinski definition) is 2. The van der Waals surface area contributed by atoms with E-state index >= 15 is 0 Å². The Kier molecular flexibility index (Phi) is 2.88. The molecule has 4 nitrogen and oxygen atoms in total. The number of terminal acetylenes is 1. The number of carbonyl (C=O) groups is 1. The van der Waals surface area contributed by atoms with E-state index in [0.29, 0.717) is 10.5 Å². The van der Waals surface area contributed by atoms with Gasteiger partial charge >= 0.3 is 0 Å². The topological polar surface area (TPSA) is 51.9 Å². The monoisotopic (exact) mass is 195 g/mol. The molecule has 0 aliphatic heterocycles. The Hall–Kier alpha value is -1.54. The van der Waals surface area contributed by atoms with Gasteiger partial charge in [0.25, 0.3) is 5.91 Å². The van der Waals surface area contributed by atoms with Crippen molar-refractivity contribution in [3.63, 3.8) is 0 Å². The fourth-order valence-corrected chi connectivity index (χ4v) is 1.03. The number of imidazole rings is 1. The second-order valence-corrected chi connectivity index (χ2v) is 2.93. The predicted molar refractivity (Wildman–Crippen MR) is 51.8 cm³/mol. The van der Waals surface area contributed by atoms with Crippen LogP contribution in [0.1, 0.15) is 10.5 Å². The van der Waals surface area contributed by atoms with Gasteiger partial charge in [-0.15, -0.1) is 6.42 Å². The number of aromatic nitrogens is 2. The molecule has 0 fully saturated rings. The van der Waals surface area contributed by atoms with E-state index in [-0.39, 0.29) is 12.5 Å². The summed E-state index contributed by atoms with van der Waals surface area (Å²) in [7, 11) is 1.63. The summed E-state index contributed by atoms with van der Waals surface area (Å²) in [6.45, 7) is 0.282.